The Balaban J connectivity index is 1.42. The number of para-hydroxylation sites is 1. The van der Waals surface area contributed by atoms with E-state index in [-0.39, 0.29) is 22.4 Å². The van der Waals surface area contributed by atoms with Crippen molar-refractivity contribution in [1.82, 2.24) is 14.5 Å². The number of hydrogen-bond donors (Lipinski definition) is 1. The summed E-state index contributed by atoms with van der Waals surface area (Å²) in [5.74, 6) is 0.600. The molecule has 4 heteroatoms. The highest BCUT2D eigenvalue weighted by molar-refractivity contribution is 5.98. The molecule has 0 saturated heterocycles. The van der Waals surface area contributed by atoms with Crippen LogP contribution in [0.15, 0.2) is 164 Å². The quantitative estimate of drug-likeness (QED) is 0.174. The number of fused-ring (bicyclic) bond motifs is 1. The molecule has 0 fully saturated rings. The van der Waals surface area contributed by atoms with Crippen molar-refractivity contribution in [3.05, 3.63) is 192 Å². The second-order valence-corrected chi connectivity index (χ2v) is 20.1. The summed E-state index contributed by atoms with van der Waals surface area (Å²) in [5.41, 5.74) is 6.88. The molecule has 0 aliphatic heterocycles. The van der Waals surface area contributed by atoms with Crippen LogP contribution in [0.25, 0.3) is 83.9 Å². The molecule has 0 bridgehead atoms. The first-order valence-electron chi connectivity index (χ1n) is 27.8. The van der Waals surface area contributed by atoms with Crippen LogP contribution in [0.5, 0.6) is 5.75 Å². The molecule has 9 rings (SSSR count). The monoisotopic (exact) mass is 875 g/mol. The van der Waals surface area contributed by atoms with Crippen LogP contribution in [0, 0.1) is 13.7 Å². The first-order chi connectivity index (χ1) is 35.9. The highest BCUT2D eigenvalue weighted by Crippen LogP contribution is 2.46. The van der Waals surface area contributed by atoms with Gasteiger partial charge in [0.05, 0.1) is 34.8 Å². The molecule has 0 unspecified atom stereocenters. The van der Waals surface area contributed by atoms with Gasteiger partial charge >= 0.3 is 0 Å². The number of aromatic nitrogens is 3. The van der Waals surface area contributed by atoms with Crippen molar-refractivity contribution >= 4 is 11.0 Å². The van der Waals surface area contributed by atoms with Gasteiger partial charge in [-0.3, -0.25) is 9.55 Å². The lowest BCUT2D eigenvalue weighted by Gasteiger charge is -2.28. The van der Waals surface area contributed by atoms with Crippen molar-refractivity contribution in [2.45, 2.75) is 92.3 Å². The van der Waals surface area contributed by atoms with Crippen molar-refractivity contribution in [2.75, 3.05) is 0 Å². The molecule has 0 amide bonds. The molecule has 0 aliphatic carbocycles. The molecule has 0 radical (unpaired) electrons. The third kappa shape index (κ3) is 8.26. The highest BCUT2D eigenvalue weighted by Gasteiger charge is 2.30. The van der Waals surface area contributed by atoms with E-state index in [1.165, 1.54) is 0 Å². The van der Waals surface area contributed by atoms with E-state index in [4.69, 9.17) is 20.1 Å². The average molecular weight is 875 g/mol. The summed E-state index contributed by atoms with van der Waals surface area (Å²) >= 11 is 0. The van der Waals surface area contributed by atoms with Crippen molar-refractivity contribution < 1.29 is 20.2 Å². The third-order valence-electron chi connectivity index (χ3n) is 12.3. The summed E-state index contributed by atoms with van der Waals surface area (Å²) < 4.78 is 98.3. The zero-order valence-corrected chi connectivity index (χ0v) is 39.0. The minimum Gasteiger partial charge on any atom is -0.507 e. The number of phenolic OH excluding ortho intramolecular Hbond substituents is 1. The molecule has 7 aromatic carbocycles. The summed E-state index contributed by atoms with van der Waals surface area (Å²) in [7, 11) is 0. The van der Waals surface area contributed by atoms with E-state index >= 15 is 0 Å². The Bertz CT molecular complexity index is 3750. The Kier molecular flexibility index (Phi) is 8.27. The van der Waals surface area contributed by atoms with Crippen LogP contribution in [0.1, 0.15) is 105 Å². The Morgan fingerprint density at radius 2 is 1.20 bits per heavy atom. The first kappa shape index (κ1) is 32.6. The summed E-state index contributed by atoms with van der Waals surface area (Å²) in [4.78, 5) is 10.2. The molecule has 9 aromatic rings. The number of benzene rings is 7. The molecule has 66 heavy (non-hydrogen) atoms. The van der Waals surface area contributed by atoms with Crippen LogP contribution in [0.3, 0.4) is 0 Å². The van der Waals surface area contributed by atoms with Crippen LogP contribution in [0.4, 0.5) is 0 Å². The van der Waals surface area contributed by atoms with Gasteiger partial charge in [-0.1, -0.05) is 177 Å². The lowest BCUT2D eigenvalue weighted by Crippen LogP contribution is -2.18. The lowest BCUT2D eigenvalue weighted by molar-refractivity contribution is 0.446. The second-order valence-electron chi connectivity index (χ2n) is 20.1. The molecule has 1 N–H and O–H groups in total. The zero-order chi connectivity index (χ0) is 56.1. The Hall–Kier alpha value is -7.04. The molecule has 4 nitrogen and oxygen atoms in total. The van der Waals surface area contributed by atoms with E-state index in [1.54, 1.807) is 12.1 Å². The van der Waals surface area contributed by atoms with Gasteiger partial charge in [-0.15, -0.1) is 0 Å². The van der Waals surface area contributed by atoms with Gasteiger partial charge in [0.2, 0.25) is 0 Å². The molecule has 0 spiro atoms. The largest absolute Gasteiger partial charge is 0.507 e. The van der Waals surface area contributed by atoms with Crippen LogP contribution in [0.2, 0.25) is 0 Å². The molecular formula is C62H61N3O. The highest BCUT2D eigenvalue weighted by atomic mass is 16.3. The van der Waals surface area contributed by atoms with Crippen molar-refractivity contribution in [2.24, 2.45) is 0 Å². The number of imidazole rings is 1. The normalized spacial score (nSPS) is 15.0. The number of rotatable bonds is 7. The maximum atomic E-state index is 12.6. The molecule has 2 aromatic heterocycles. The Morgan fingerprint density at radius 3 is 1.83 bits per heavy atom. The van der Waals surface area contributed by atoms with Crippen LogP contribution >= 0.6 is 0 Å². The van der Waals surface area contributed by atoms with Crippen LogP contribution in [-0.2, 0) is 16.2 Å². The fourth-order valence-corrected chi connectivity index (χ4v) is 8.79. The third-order valence-corrected chi connectivity index (χ3v) is 12.3. The molecule has 0 aliphatic rings. The number of phenols is 1. The topological polar surface area (TPSA) is 50.9 Å². The minimum absolute atomic E-state index is 0.105. The van der Waals surface area contributed by atoms with E-state index in [9.17, 15) is 5.11 Å². The fraction of sp³-hybridized carbons (Fsp3) is 0.226. The smallest absolute Gasteiger partial charge is 0.149 e. The maximum Gasteiger partial charge on any atom is 0.149 e. The van der Waals surface area contributed by atoms with Crippen LogP contribution in [-0.4, -0.2) is 19.6 Å². The predicted molar refractivity (Wildman–Crippen MR) is 279 cm³/mol. The van der Waals surface area contributed by atoms with E-state index in [2.05, 4.69) is 108 Å². The average Bonchev–Trinajstić information content (AvgIpc) is 3.78. The van der Waals surface area contributed by atoms with Gasteiger partial charge in [0, 0.05) is 31.1 Å². The maximum absolute atomic E-state index is 12.6. The SMILES string of the molecule is [2H]c1c([2H])c([2H])c(-c2c(C([2H])([2H])[2H])cnc(-c3cc(-c4ccccc4)cc(-c4cccc5c4nc(-c4cc(C(C)(C)C)cc(C(C)(C)C)c4O)n5-c4ccc(-c5ccccc5)cc4C(C)(C)C)c3)c2C([2H])([2H])[2H])c([2H])c1[2H]. The fourth-order valence-electron chi connectivity index (χ4n) is 8.79. The molecule has 0 atom stereocenters. The number of aryl methyl sites for hydroxylation is 1. The second kappa shape index (κ2) is 16.7. The summed E-state index contributed by atoms with van der Waals surface area (Å²) in [6, 6.07) is 37.9. The number of nitrogens with zero attached hydrogens (tertiary/aromatic N) is 3. The van der Waals surface area contributed by atoms with Gasteiger partial charge in [0.15, 0.2) is 0 Å². The minimum atomic E-state index is -3.13. The van der Waals surface area contributed by atoms with Gasteiger partial charge in [0.1, 0.15) is 11.6 Å². The summed E-state index contributed by atoms with van der Waals surface area (Å²) in [5, 5.41) is 12.6. The number of hydrogen-bond acceptors (Lipinski definition) is 3. The van der Waals surface area contributed by atoms with E-state index in [0.29, 0.717) is 39.1 Å². The predicted octanol–water partition coefficient (Wildman–Crippen LogP) is 16.6. The van der Waals surface area contributed by atoms with Gasteiger partial charge in [-0.05, 0) is 134 Å². The Morgan fingerprint density at radius 1 is 0.545 bits per heavy atom. The molecule has 330 valence electrons. The summed E-state index contributed by atoms with van der Waals surface area (Å²) in [6.07, 6.45) is 1.02. The van der Waals surface area contributed by atoms with E-state index in [1.807, 2.05) is 78.9 Å². The van der Waals surface area contributed by atoms with Crippen molar-refractivity contribution in [3.8, 4) is 78.6 Å². The standard InChI is InChI=1S/C62H61N3O/c1-39-38-63-56(40(2)55(39)43-26-19-14-20-27-43)47-33-45(42-24-17-13-18-25-42)32-46(34-47)49-28-21-29-54-57(49)64-59(50-36-48(60(3,4)5)37-52(58(50)66)62(9,10)11)65(54)53-31-30-44(35-51(53)61(6,7)8)41-22-15-12-16-23-41/h12-38,66H,1-11H3/i1D3,2D3,14D,19D,20D,26D,27D. The van der Waals surface area contributed by atoms with E-state index in [0.717, 1.165) is 45.3 Å². The Labute approximate surface area is 407 Å². The van der Waals surface area contributed by atoms with E-state index < -0.39 is 77.0 Å². The first-order valence-corrected chi connectivity index (χ1v) is 22.3. The van der Waals surface area contributed by atoms with Gasteiger partial charge < -0.3 is 5.11 Å². The molecular weight excluding hydrogens is 803 g/mol. The molecule has 0 saturated carbocycles. The van der Waals surface area contributed by atoms with Gasteiger partial charge in [0.25, 0.3) is 0 Å². The van der Waals surface area contributed by atoms with Gasteiger partial charge in [-0.25, -0.2) is 4.98 Å². The summed E-state index contributed by atoms with van der Waals surface area (Å²) in [6.45, 7) is 13.0. The van der Waals surface area contributed by atoms with Crippen LogP contribution < -0.4 is 0 Å². The van der Waals surface area contributed by atoms with Crippen molar-refractivity contribution in [3.63, 3.8) is 0 Å². The number of pyridine rings is 1. The zero-order valence-electron chi connectivity index (χ0n) is 50.0. The number of aromatic hydroxyl groups is 1. The van der Waals surface area contributed by atoms with Crippen molar-refractivity contribution in [1.29, 1.82) is 0 Å². The lowest BCUT2D eigenvalue weighted by atomic mass is 9.78. The molecule has 2 heterocycles. The van der Waals surface area contributed by atoms with Gasteiger partial charge in [-0.2, -0.15) is 0 Å².